The lowest BCUT2D eigenvalue weighted by Crippen LogP contribution is -2.30. The second-order valence-corrected chi connectivity index (χ2v) is 4.13. The first-order valence-electron chi connectivity index (χ1n) is 6.11. The van der Waals surface area contributed by atoms with E-state index in [1.54, 1.807) is 31.3 Å². The monoisotopic (exact) mass is 278 g/mol. The fourth-order valence-corrected chi connectivity index (χ4v) is 1.54. The Morgan fingerprint density at radius 1 is 1.25 bits per heavy atom. The molecule has 5 N–H and O–H groups in total. The van der Waals surface area contributed by atoms with E-state index >= 15 is 0 Å². The molecule has 0 bridgehead atoms. The Hall–Kier alpha value is -2.57. The highest BCUT2D eigenvalue weighted by molar-refractivity contribution is 5.97. The van der Waals surface area contributed by atoms with Gasteiger partial charge in [0.25, 0.3) is 0 Å². The van der Waals surface area contributed by atoms with Crippen molar-refractivity contribution < 1.29 is 14.8 Å². The molecule has 1 rings (SSSR count). The topological polar surface area (TPSA) is 117 Å². The van der Waals surface area contributed by atoms with Gasteiger partial charge in [-0.25, -0.2) is 0 Å². The number of oxime groups is 1. The fourth-order valence-electron chi connectivity index (χ4n) is 1.54. The van der Waals surface area contributed by atoms with Crippen molar-refractivity contribution in [3.8, 4) is 0 Å². The molecular formula is C13H18N4O3. The van der Waals surface area contributed by atoms with Crippen LogP contribution >= 0.6 is 0 Å². The molecule has 0 atom stereocenters. The van der Waals surface area contributed by atoms with Crippen molar-refractivity contribution in [3.05, 3.63) is 35.4 Å². The smallest absolute Gasteiger partial charge is 0.224 e. The van der Waals surface area contributed by atoms with E-state index < -0.39 is 0 Å². The molecular weight excluding hydrogens is 260 g/mol. The minimum Gasteiger partial charge on any atom is -0.409 e. The molecule has 0 radical (unpaired) electrons. The summed E-state index contributed by atoms with van der Waals surface area (Å²) in [5, 5.41) is 16.6. The molecule has 0 spiro atoms. The van der Waals surface area contributed by atoms with E-state index in [4.69, 9.17) is 10.9 Å². The average Bonchev–Trinajstić information content (AvgIpc) is 2.47. The summed E-state index contributed by atoms with van der Waals surface area (Å²) in [6, 6.07) is 6.79. The summed E-state index contributed by atoms with van der Waals surface area (Å²) < 4.78 is 0. The minimum absolute atomic E-state index is 0.0200. The number of carbonyl (C=O) groups is 2. The number of nitrogens with two attached hydrogens (primary N) is 1. The van der Waals surface area contributed by atoms with Gasteiger partial charge in [0.15, 0.2) is 5.84 Å². The predicted molar refractivity (Wildman–Crippen MR) is 74.4 cm³/mol. The number of nitrogens with one attached hydrogen (secondary N) is 2. The van der Waals surface area contributed by atoms with Gasteiger partial charge in [0.05, 0.1) is 6.42 Å². The molecule has 2 amide bonds. The highest BCUT2D eigenvalue weighted by Crippen LogP contribution is 2.05. The maximum absolute atomic E-state index is 11.6. The first-order chi connectivity index (χ1) is 9.56. The van der Waals surface area contributed by atoms with Crippen LogP contribution in [-0.4, -0.2) is 36.4 Å². The quantitative estimate of drug-likeness (QED) is 0.244. The number of hydrogen-bond donors (Lipinski definition) is 4. The second-order valence-electron chi connectivity index (χ2n) is 4.13. The van der Waals surface area contributed by atoms with E-state index in [0.717, 1.165) is 5.56 Å². The van der Waals surface area contributed by atoms with Crippen molar-refractivity contribution in [1.82, 2.24) is 10.6 Å². The van der Waals surface area contributed by atoms with Gasteiger partial charge in [-0.2, -0.15) is 0 Å². The normalized spacial score (nSPS) is 10.9. The summed E-state index contributed by atoms with van der Waals surface area (Å²) in [5.74, 6) is -0.259. The van der Waals surface area contributed by atoms with Gasteiger partial charge in [0.1, 0.15) is 0 Å². The van der Waals surface area contributed by atoms with Crippen LogP contribution in [0.3, 0.4) is 0 Å². The second kappa shape index (κ2) is 7.78. The molecule has 1 aromatic carbocycles. The van der Waals surface area contributed by atoms with Crippen LogP contribution in [0.4, 0.5) is 0 Å². The largest absolute Gasteiger partial charge is 0.409 e. The Morgan fingerprint density at radius 3 is 2.45 bits per heavy atom. The van der Waals surface area contributed by atoms with Crippen LogP contribution < -0.4 is 16.4 Å². The molecule has 0 unspecified atom stereocenters. The van der Waals surface area contributed by atoms with Gasteiger partial charge in [-0.1, -0.05) is 29.4 Å². The van der Waals surface area contributed by atoms with E-state index in [2.05, 4.69) is 15.8 Å². The lowest BCUT2D eigenvalue weighted by Gasteiger charge is -2.05. The first-order valence-corrected chi connectivity index (χ1v) is 6.11. The van der Waals surface area contributed by atoms with Crippen molar-refractivity contribution in [3.63, 3.8) is 0 Å². The molecule has 0 heterocycles. The Kier molecular flexibility index (Phi) is 6.02. The van der Waals surface area contributed by atoms with Crippen molar-refractivity contribution in [2.45, 2.75) is 12.8 Å². The van der Waals surface area contributed by atoms with Crippen LogP contribution in [0.2, 0.25) is 0 Å². The molecule has 0 fully saturated rings. The standard InChI is InChI=1S/C13H18N4O3/c1-15-11(18)6-7-16-12(19)8-9-2-4-10(5-3-9)13(14)17-20/h2-5,20H,6-8H2,1H3,(H2,14,17)(H,15,18)(H,16,19). The van der Waals surface area contributed by atoms with Crippen LogP contribution in [0.25, 0.3) is 0 Å². The molecule has 1 aromatic rings. The van der Waals surface area contributed by atoms with Gasteiger partial charge in [-0.15, -0.1) is 0 Å². The van der Waals surface area contributed by atoms with E-state index in [-0.39, 0.29) is 30.5 Å². The zero-order chi connectivity index (χ0) is 15.0. The third-order valence-corrected chi connectivity index (χ3v) is 2.68. The van der Waals surface area contributed by atoms with Gasteiger partial charge in [0, 0.05) is 25.6 Å². The molecule has 0 saturated heterocycles. The molecule has 7 nitrogen and oxygen atoms in total. The Labute approximate surface area is 116 Å². The molecule has 20 heavy (non-hydrogen) atoms. The van der Waals surface area contributed by atoms with Crippen molar-refractivity contribution >= 4 is 17.6 Å². The lowest BCUT2D eigenvalue weighted by molar-refractivity contribution is -0.121. The maximum Gasteiger partial charge on any atom is 0.224 e. The van der Waals surface area contributed by atoms with E-state index in [0.29, 0.717) is 12.1 Å². The maximum atomic E-state index is 11.6. The minimum atomic E-state index is -0.162. The number of rotatable bonds is 6. The Morgan fingerprint density at radius 2 is 1.90 bits per heavy atom. The molecule has 0 aliphatic carbocycles. The van der Waals surface area contributed by atoms with E-state index in [1.165, 1.54) is 0 Å². The third-order valence-electron chi connectivity index (χ3n) is 2.68. The summed E-state index contributed by atoms with van der Waals surface area (Å²) in [4.78, 5) is 22.6. The summed E-state index contributed by atoms with van der Waals surface area (Å²) in [7, 11) is 1.55. The van der Waals surface area contributed by atoms with Gasteiger partial charge < -0.3 is 21.6 Å². The fraction of sp³-hybridized carbons (Fsp3) is 0.308. The first kappa shape index (κ1) is 15.5. The Bertz CT molecular complexity index is 497. The van der Waals surface area contributed by atoms with Crippen LogP contribution in [0, 0.1) is 0 Å². The third kappa shape index (κ3) is 4.97. The van der Waals surface area contributed by atoms with Crippen molar-refractivity contribution in [2.75, 3.05) is 13.6 Å². The molecule has 0 saturated carbocycles. The number of amidine groups is 1. The summed E-state index contributed by atoms with van der Waals surface area (Å²) >= 11 is 0. The highest BCUT2D eigenvalue weighted by atomic mass is 16.4. The lowest BCUT2D eigenvalue weighted by atomic mass is 10.1. The molecule has 108 valence electrons. The van der Waals surface area contributed by atoms with Gasteiger partial charge in [-0.3, -0.25) is 9.59 Å². The highest BCUT2D eigenvalue weighted by Gasteiger charge is 2.05. The summed E-state index contributed by atoms with van der Waals surface area (Å²) in [6.45, 7) is 0.306. The molecule has 0 aliphatic rings. The van der Waals surface area contributed by atoms with Crippen LogP contribution in [-0.2, 0) is 16.0 Å². The van der Waals surface area contributed by atoms with E-state index in [9.17, 15) is 9.59 Å². The zero-order valence-electron chi connectivity index (χ0n) is 11.2. The summed E-state index contributed by atoms with van der Waals surface area (Å²) in [5.41, 5.74) is 6.82. The van der Waals surface area contributed by atoms with E-state index in [1.807, 2.05) is 0 Å². The average molecular weight is 278 g/mol. The van der Waals surface area contributed by atoms with Gasteiger partial charge in [0.2, 0.25) is 11.8 Å². The number of nitrogens with zero attached hydrogens (tertiary/aromatic N) is 1. The van der Waals surface area contributed by atoms with Crippen molar-refractivity contribution in [1.29, 1.82) is 0 Å². The molecule has 0 aliphatic heterocycles. The van der Waals surface area contributed by atoms with Gasteiger partial charge >= 0.3 is 0 Å². The van der Waals surface area contributed by atoms with Crippen molar-refractivity contribution in [2.24, 2.45) is 10.9 Å². The number of carbonyl (C=O) groups excluding carboxylic acids is 2. The van der Waals surface area contributed by atoms with Crippen LogP contribution in [0.1, 0.15) is 17.5 Å². The van der Waals surface area contributed by atoms with Crippen LogP contribution in [0.15, 0.2) is 29.4 Å². The van der Waals surface area contributed by atoms with Gasteiger partial charge in [-0.05, 0) is 5.56 Å². The van der Waals surface area contributed by atoms with Crippen LogP contribution in [0.5, 0.6) is 0 Å². The number of hydrogen-bond acceptors (Lipinski definition) is 4. The molecule has 0 aromatic heterocycles. The predicted octanol–water partition coefficient (Wildman–Crippen LogP) is -0.424. The number of benzene rings is 1. The Balaban J connectivity index is 2.44. The zero-order valence-corrected chi connectivity index (χ0v) is 11.2. The summed E-state index contributed by atoms with van der Waals surface area (Å²) in [6.07, 6.45) is 0.467. The molecule has 7 heteroatoms. The SMILES string of the molecule is CNC(=O)CCNC(=O)Cc1ccc(C(N)=NO)cc1. The number of amides is 2.